The summed E-state index contributed by atoms with van der Waals surface area (Å²) in [5.74, 6) is 0.490. The summed E-state index contributed by atoms with van der Waals surface area (Å²) in [6.07, 6.45) is 0.836. The van der Waals surface area contributed by atoms with Crippen LogP contribution in [0.2, 0.25) is 0 Å². The van der Waals surface area contributed by atoms with E-state index in [-0.39, 0.29) is 16.6 Å². The summed E-state index contributed by atoms with van der Waals surface area (Å²) in [5.41, 5.74) is 1.42. The predicted molar refractivity (Wildman–Crippen MR) is 129 cm³/mol. The Labute approximate surface area is 193 Å². The maximum Gasteiger partial charge on any atom is 0.262 e. The van der Waals surface area contributed by atoms with E-state index < -0.39 is 10.0 Å². The Morgan fingerprint density at radius 2 is 1.88 bits per heavy atom. The minimum Gasteiger partial charge on any atom is -0.379 e. The molecule has 0 amide bonds. The van der Waals surface area contributed by atoms with E-state index in [0.717, 1.165) is 5.56 Å². The second-order valence-electron chi connectivity index (χ2n) is 7.86. The van der Waals surface area contributed by atoms with Crippen LogP contribution in [0.1, 0.15) is 25.8 Å². The Balaban J connectivity index is 1.88. The van der Waals surface area contributed by atoms with Gasteiger partial charge in [-0.2, -0.15) is 0 Å². The van der Waals surface area contributed by atoms with Crippen LogP contribution in [0.5, 0.6) is 0 Å². The van der Waals surface area contributed by atoms with Gasteiger partial charge in [-0.3, -0.25) is 9.36 Å². The van der Waals surface area contributed by atoms with Crippen LogP contribution in [0.3, 0.4) is 0 Å². The van der Waals surface area contributed by atoms with Crippen molar-refractivity contribution in [3.8, 4) is 0 Å². The Morgan fingerprint density at radius 1 is 1.12 bits per heavy atom. The first-order valence-corrected chi connectivity index (χ1v) is 12.9. The van der Waals surface area contributed by atoms with Gasteiger partial charge in [0.2, 0.25) is 10.0 Å². The number of aromatic nitrogens is 2. The number of sulfonamides is 1. The Kier molecular flexibility index (Phi) is 8.10. The third kappa shape index (κ3) is 5.78. The van der Waals surface area contributed by atoms with Gasteiger partial charge in [0.25, 0.3) is 5.56 Å². The van der Waals surface area contributed by atoms with Gasteiger partial charge in [-0.05, 0) is 50.1 Å². The number of hydrogen-bond acceptors (Lipinski definition) is 6. The zero-order valence-corrected chi connectivity index (χ0v) is 20.4. The van der Waals surface area contributed by atoms with Crippen molar-refractivity contribution in [3.05, 3.63) is 64.4 Å². The number of thioether (sulfide) groups is 1. The number of fused-ring (bicyclic) bond motifs is 1. The highest BCUT2D eigenvalue weighted by molar-refractivity contribution is 7.98. The molecule has 3 aromatic rings. The van der Waals surface area contributed by atoms with Crippen LogP contribution in [0.15, 0.2) is 63.4 Å². The summed E-state index contributed by atoms with van der Waals surface area (Å²) < 4.78 is 33.4. The fourth-order valence-corrected chi connectivity index (χ4v) is 5.09. The molecule has 32 heavy (non-hydrogen) atoms. The van der Waals surface area contributed by atoms with E-state index in [4.69, 9.17) is 9.72 Å². The topological polar surface area (TPSA) is 81.5 Å². The molecule has 2 aromatic carbocycles. The molecule has 0 aliphatic heterocycles. The van der Waals surface area contributed by atoms with E-state index in [1.165, 1.54) is 30.2 Å². The third-order valence-electron chi connectivity index (χ3n) is 4.85. The molecule has 0 atom stereocenters. The average molecular weight is 476 g/mol. The van der Waals surface area contributed by atoms with Crippen molar-refractivity contribution >= 4 is 32.7 Å². The van der Waals surface area contributed by atoms with E-state index in [9.17, 15) is 13.2 Å². The lowest BCUT2D eigenvalue weighted by molar-refractivity contribution is 0.0743. The Bertz CT molecular complexity index is 1240. The molecule has 0 N–H and O–H groups in total. The number of rotatable bonds is 10. The lowest BCUT2D eigenvalue weighted by Gasteiger charge is -2.15. The highest BCUT2D eigenvalue weighted by atomic mass is 32.2. The molecule has 0 aliphatic carbocycles. The van der Waals surface area contributed by atoms with Gasteiger partial charge in [0.15, 0.2) is 5.16 Å². The van der Waals surface area contributed by atoms with Gasteiger partial charge >= 0.3 is 0 Å². The maximum absolute atomic E-state index is 13.1. The molecular formula is C23H29N3O4S2. The number of hydrogen-bond donors (Lipinski definition) is 0. The van der Waals surface area contributed by atoms with Crippen LogP contribution in [0.25, 0.3) is 10.9 Å². The maximum atomic E-state index is 13.1. The normalized spacial score (nSPS) is 12.2. The van der Waals surface area contributed by atoms with Gasteiger partial charge in [0.1, 0.15) is 0 Å². The van der Waals surface area contributed by atoms with Crippen molar-refractivity contribution in [2.45, 2.75) is 48.7 Å². The minimum atomic E-state index is -3.51. The summed E-state index contributed by atoms with van der Waals surface area (Å²) in [6, 6.07) is 14.2. The summed E-state index contributed by atoms with van der Waals surface area (Å²) in [7, 11) is -0.486. The van der Waals surface area contributed by atoms with Gasteiger partial charge in [0, 0.05) is 33.0 Å². The fraction of sp³-hybridized carbons (Fsp3) is 0.391. The molecular weight excluding hydrogens is 446 g/mol. The predicted octanol–water partition coefficient (Wildman–Crippen LogP) is 3.75. The zero-order valence-electron chi connectivity index (χ0n) is 18.8. The van der Waals surface area contributed by atoms with E-state index in [2.05, 4.69) is 0 Å². The van der Waals surface area contributed by atoms with Crippen molar-refractivity contribution in [3.63, 3.8) is 0 Å². The molecule has 0 spiro atoms. The van der Waals surface area contributed by atoms with Crippen LogP contribution in [0, 0.1) is 0 Å². The average Bonchev–Trinajstić information content (AvgIpc) is 2.76. The number of ether oxygens (including phenoxy) is 1. The molecule has 0 radical (unpaired) electrons. The summed E-state index contributed by atoms with van der Waals surface area (Å²) >= 11 is 1.42. The largest absolute Gasteiger partial charge is 0.379 e. The van der Waals surface area contributed by atoms with Crippen molar-refractivity contribution in [2.24, 2.45) is 0 Å². The van der Waals surface area contributed by atoms with Gasteiger partial charge < -0.3 is 4.74 Å². The van der Waals surface area contributed by atoms with Gasteiger partial charge in [-0.15, -0.1) is 0 Å². The summed E-state index contributed by atoms with van der Waals surface area (Å²) in [5, 5.41) is 1.19. The van der Waals surface area contributed by atoms with Crippen LogP contribution in [-0.4, -0.2) is 49.1 Å². The Morgan fingerprint density at radius 3 is 2.59 bits per heavy atom. The first-order chi connectivity index (χ1) is 15.2. The molecule has 172 valence electrons. The lowest BCUT2D eigenvalue weighted by atomic mass is 10.2. The highest BCUT2D eigenvalue weighted by Gasteiger charge is 2.18. The quantitative estimate of drug-likeness (QED) is 0.252. The van der Waals surface area contributed by atoms with E-state index in [1.54, 1.807) is 28.8 Å². The number of para-hydroxylation sites is 1. The smallest absolute Gasteiger partial charge is 0.262 e. The van der Waals surface area contributed by atoms with Crippen molar-refractivity contribution in [1.29, 1.82) is 0 Å². The van der Waals surface area contributed by atoms with Crippen LogP contribution in [-0.2, 0) is 27.1 Å². The van der Waals surface area contributed by atoms with Gasteiger partial charge in [0.05, 0.1) is 21.9 Å². The molecule has 1 heterocycles. The summed E-state index contributed by atoms with van der Waals surface area (Å²) in [4.78, 5) is 18.1. The Hall–Kier alpha value is -2.20. The molecule has 0 saturated heterocycles. The molecule has 0 fully saturated rings. The number of benzene rings is 2. The molecule has 0 aliphatic rings. The van der Waals surface area contributed by atoms with Gasteiger partial charge in [-0.1, -0.05) is 36.0 Å². The fourth-order valence-electron chi connectivity index (χ4n) is 3.15. The monoisotopic (exact) mass is 475 g/mol. The zero-order chi connectivity index (χ0) is 23.3. The minimum absolute atomic E-state index is 0.0772. The van der Waals surface area contributed by atoms with Crippen LogP contribution in [0.4, 0.5) is 0 Å². The van der Waals surface area contributed by atoms with Crippen LogP contribution >= 0.6 is 11.8 Å². The molecule has 9 heteroatoms. The van der Waals surface area contributed by atoms with Crippen molar-refractivity contribution in [2.75, 3.05) is 20.7 Å². The van der Waals surface area contributed by atoms with Crippen molar-refractivity contribution in [1.82, 2.24) is 13.9 Å². The molecule has 0 unspecified atom stereocenters. The van der Waals surface area contributed by atoms with Crippen molar-refractivity contribution < 1.29 is 13.2 Å². The van der Waals surface area contributed by atoms with E-state index >= 15 is 0 Å². The molecule has 0 saturated carbocycles. The first-order valence-electron chi connectivity index (χ1n) is 10.5. The highest BCUT2D eigenvalue weighted by Crippen LogP contribution is 2.24. The van der Waals surface area contributed by atoms with E-state index in [0.29, 0.717) is 41.4 Å². The SMILES string of the molecule is CC(C)OCCCn1c(SCc2cccc(S(=O)(=O)N(C)C)c2)nc2ccccc2c1=O. The van der Waals surface area contributed by atoms with Gasteiger partial charge in [-0.25, -0.2) is 17.7 Å². The molecule has 7 nitrogen and oxygen atoms in total. The molecule has 0 bridgehead atoms. The standard InChI is InChI=1S/C23H29N3O4S2/c1-17(2)30-14-8-13-26-22(27)20-11-5-6-12-21(20)24-23(26)31-16-18-9-7-10-19(15-18)32(28,29)25(3)4/h5-7,9-12,15,17H,8,13-14,16H2,1-4H3. The summed E-state index contributed by atoms with van der Waals surface area (Å²) in [6.45, 7) is 5.03. The van der Waals surface area contributed by atoms with E-state index in [1.807, 2.05) is 38.1 Å². The number of nitrogens with zero attached hydrogens (tertiary/aromatic N) is 3. The molecule has 1 aromatic heterocycles. The third-order valence-corrected chi connectivity index (χ3v) is 7.71. The first kappa shape index (κ1) is 24.4. The van der Waals surface area contributed by atoms with Crippen LogP contribution < -0.4 is 5.56 Å². The second-order valence-corrected chi connectivity index (χ2v) is 11.0. The lowest BCUT2D eigenvalue weighted by Crippen LogP contribution is -2.24. The second kappa shape index (κ2) is 10.6. The molecule has 3 rings (SSSR count).